The average molecular weight is 428 g/mol. The van der Waals surface area contributed by atoms with Crippen molar-refractivity contribution in [3.05, 3.63) is 52.9 Å². The minimum Gasteiger partial charge on any atom is -0.478 e. The Balaban J connectivity index is 1.72. The fourth-order valence-electron chi connectivity index (χ4n) is 2.86. The molecule has 150 valence electrons. The van der Waals surface area contributed by atoms with E-state index in [2.05, 4.69) is 4.98 Å². The van der Waals surface area contributed by atoms with Gasteiger partial charge in [-0.15, -0.1) is 0 Å². The molecule has 1 aromatic carbocycles. The van der Waals surface area contributed by atoms with Crippen molar-refractivity contribution in [1.29, 1.82) is 0 Å². The number of benzene rings is 1. The second kappa shape index (κ2) is 8.42. The van der Waals surface area contributed by atoms with Crippen molar-refractivity contribution in [2.75, 3.05) is 32.8 Å². The zero-order chi connectivity index (χ0) is 20.3. The van der Waals surface area contributed by atoms with Crippen molar-refractivity contribution in [1.82, 2.24) is 14.2 Å². The van der Waals surface area contributed by atoms with Gasteiger partial charge in [0.25, 0.3) is 5.91 Å². The first kappa shape index (κ1) is 20.5. The van der Waals surface area contributed by atoms with Crippen LogP contribution in [0.4, 0.5) is 4.39 Å². The van der Waals surface area contributed by atoms with Crippen molar-refractivity contribution in [3.63, 3.8) is 0 Å². The predicted molar refractivity (Wildman–Crippen MR) is 101 cm³/mol. The number of nitrogens with zero attached hydrogens (tertiary/aromatic N) is 3. The molecule has 0 aliphatic carbocycles. The van der Waals surface area contributed by atoms with E-state index >= 15 is 0 Å². The van der Waals surface area contributed by atoms with E-state index in [4.69, 9.17) is 16.3 Å². The number of halogens is 2. The monoisotopic (exact) mass is 427 g/mol. The molecule has 0 radical (unpaired) electrons. The maximum absolute atomic E-state index is 13.4. The molecule has 10 heteroatoms. The van der Waals surface area contributed by atoms with Gasteiger partial charge in [0.1, 0.15) is 5.82 Å². The smallest absolute Gasteiger partial charge is 0.274 e. The number of piperazine rings is 1. The van der Waals surface area contributed by atoms with Crippen molar-refractivity contribution >= 4 is 27.5 Å². The molecule has 1 aliphatic rings. The summed E-state index contributed by atoms with van der Waals surface area (Å²) in [6.07, 6.45) is 0. The van der Waals surface area contributed by atoms with Gasteiger partial charge in [0, 0.05) is 32.2 Å². The van der Waals surface area contributed by atoms with Crippen LogP contribution in [0.1, 0.15) is 17.4 Å². The Morgan fingerprint density at radius 1 is 1.21 bits per heavy atom. The van der Waals surface area contributed by atoms with Crippen LogP contribution in [-0.4, -0.2) is 61.3 Å². The van der Waals surface area contributed by atoms with Crippen LogP contribution in [0.2, 0.25) is 5.02 Å². The molecule has 0 bridgehead atoms. The number of pyridine rings is 1. The summed E-state index contributed by atoms with van der Waals surface area (Å²) in [5.74, 6) is -0.721. The van der Waals surface area contributed by atoms with Crippen molar-refractivity contribution < 1.29 is 22.3 Å². The summed E-state index contributed by atoms with van der Waals surface area (Å²) in [5.41, 5.74) is 0.0639. The van der Waals surface area contributed by atoms with Crippen LogP contribution in [0.15, 0.2) is 41.3 Å². The molecule has 0 N–H and O–H groups in total. The van der Waals surface area contributed by atoms with Crippen LogP contribution >= 0.6 is 11.6 Å². The SMILES string of the molecule is CCOc1ccc(Cl)c(C(=O)N2CCN(S(=O)(=O)c3cccc(F)c3)CC2)n1. The van der Waals surface area contributed by atoms with Gasteiger partial charge in [0.2, 0.25) is 15.9 Å². The van der Waals surface area contributed by atoms with E-state index in [1.54, 1.807) is 13.0 Å². The number of hydrogen-bond acceptors (Lipinski definition) is 5. The van der Waals surface area contributed by atoms with E-state index in [1.807, 2.05) is 0 Å². The Kier molecular flexibility index (Phi) is 6.17. The highest BCUT2D eigenvalue weighted by atomic mass is 35.5. The fourth-order valence-corrected chi connectivity index (χ4v) is 4.50. The van der Waals surface area contributed by atoms with Gasteiger partial charge in [-0.1, -0.05) is 17.7 Å². The fraction of sp³-hybridized carbons (Fsp3) is 0.333. The number of sulfonamides is 1. The summed E-state index contributed by atoms with van der Waals surface area (Å²) in [5, 5.41) is 0.197. The first-order valence-electron chi connectivity index (χ1n) is 8.67. The lowest BCUT2D eigenvalue weighted by Gasteiger charge is -2.34. The van der Waals surface area contributed by atoms with Gasteiger partial charge >= 0.3 is 0 Å². The van der Waals surface area contributed by atoms with Gasteiger partial charge in [0.05, 0.1) is 16.5 Å². The third kappa shape index (κ3) is 4.26. The lowest BCUT2D eigenvalue weighted by Crippen LogP contribution is -2.50. The van der Waals surface area contributed by atoms with Crippen LogP contribution in [0.25, 0.3) is 0 Å². The second-order valence-electron chi connectivity index (χ2n) is 6.07. The van der Waals surface area contributed by atoms with Gasteiger partial charge in [0.15, 0.2) is 5.69 Å². The summed E-state index contributed by atoms with van der Waals surface area (Å²) in [6, 6.07) is 7.97. The van der Waals surface area contributed by atoms with Crippen LogP contribution in [-0.2, 0) is 10.0 Å². The van der Waals surface area contributed by atoms with Gasteiger partial charge in [-0.25, -0.2) is 17.8 Å². The molecule has 28 heavy (non-hydrogen) atoms. The molecule has 1 saturated heterocycles. The lowest BCUT2D eigenvalue weighted by atomic mass is 10.2. The Bertz CT molecular complexity index is 979. The van der Waals surface area contributed by atoms with Crippen molar-refractivity contribution in [2.45, 2.75) is 11.8 Å². The summed E-state index contributed by atoms with van der Waals surface area (Å²) in [7, 11) is -3.83. The molecule has 1 amide bonds. The van der Waals surface area contributed by atoms with Gasteiger partial charge in [-0.3, -0.25) is 4.79 Å². The Hall–Kier alpha value is -2.23. The van der Waals surface area contributed by atoms with E-state index in [-0.39, 0.29) is 41.8 Å². The molecule has 2 aromatic rings. The minimum absolute atomic E-state index is 0.0639. The zero-order valence-electron chi connectivity index (χ0n) is 15.1. The van der Waals surface area contributed by atoms with E-state index in [9.17, 15) is 17.6 Å². The summed E-state index contributed by atoms with van der Waals surface area (Å²) in [4.78, 5) is 18.3. The third-order valence-corrected chi connectivity index (χ3v) is 6.47. The highest BCUT2D eigenvalue weighted by Gasteiger charge is 2.31. The molecule has 2 heterocycles. The van der Waals surface area contributed by atoms with Gasteiger partial charge in [-0.2, -0.15) is 4.31 Å². The Morgan fingerprint density at radius 3 is 2.57 bits per heavy atom. The Labute approximate surface area is 167 Å². The second-order valence-corrected chi connectivity index (χ2v) is 8.41. The number of hydrogen-bond donors (Lipinski definition) is 0. The minimum atomic E-state index is -3.83. The summed E-state index contributed by atoms with van der Waals surface area (Å²) in [6.45, 7) is 2.73. The molecule has 0 saturated carbocycles. The van der Waals surface area contributed by atoms with E-state index in [0.717, 1.165) is 6.07 Å². The first-order chi connectivity index (χ1) is 13.3. The van der Waals surface area contributed by atoms with Crippen LogP contribution in [0.5, 0.6) is 5.88 Å². The predicted octanol–water partition coefficient (Wildman–Crippen LogP) is 2.42. The quantitative estimate of drug-likeness (QED) is 0.732. The molecule has 7 nitrogen and oxygen atoms in total. The molecule has 0 unspecified atom stereocenters. The van der Waals surface area contributed by atoms with E-state index in [0.29, 0.717) is 12.5 Å². The van der Waals surface area contributed by atoms with Crippen molar-refractivity contribution in [3.8, 4) is 5.88 Å². The number of carbonyl (C=O) groups is 1. The normalized spacial score (nSPS) is 15.5. The summed E-state index contributed by atoms with van der Waals surface area (Å²) >= 11 is 6.10. The lowest BCUT2D eigenvalue weighted by molar-refractivity contribution is 0.0691. The van der Waals surface area contributed by atoms with Crippen molar-refractivity contribution in [2.24, 2.45) is 0 Å². The topological polar surface area (TPSA) is 79.8 Å². The number of ether oxygens (including phenoxy) is 1. The number of amides is 1. The zero-order valence-corrected chi connectivity index (χ0v) is 16.7. The number of rotatable bonds is 5. The highest BCUT2D eigenvalue weighted by Crippen LogP contribution is 2.22. The molecule has 1 aliphatic heterocycles. The summed E-state index contributed by atoms with van der Waals surface area (Å²) < 4.78 is 45.2. The first-order valence-corrected chi connectivity index (χ1v) is 10.5. The van der Waals surface area contributed by atoms with Gasteiger partial charge < -0.3 is 9.64 Å². The van der Waals surface area contributed by atoms with E-state index in [1.165, 1.54) is 33.5 Å². The molecule has 3 rings (SSSR count). The molecular weight excluding hydrogens is 409 g/mol. The molecule has 0 atom stereocenters. The maximum Gasteiger partial charge on any atom is 0.274 e. The average Bonchev–Trinajstić information content (AvgIpc) is 2.69. The Morgan fingerprint density at radius 2 is 1.93 bits per heavy atom. The van der Waals surface area contributed by atoms with Gasteiger partial charge in [-0.05, 0) is 31.2 Å². The molecule has 0 spiro atoms. The van der Waals surface area contributed by atoms with E-state index < -0.39 is 21.7 Å². The largest absolute Gasteiger partial charge is 0.478 e. The molecule has 1 fully saturated rings. The third-order valence-electron chi connectivity index (χ3n) is 4.27. The number of aromatic nitrogens is 1. The standard InChI is InChI=1S/C18H19ClFN3O4S/c1-2-27-16-7-6-15(19)17(21-16)18(24)22-8-10-23(11-9-22)28(25,26)14-5-3-4-13(20)12-14/h3-7,12H,2,8-11H2,1H3. The van der Waals surface area contributed by atoms with Crippen LogP contribution in [0.3, 0.4) is 0 Å². The van der Waals surface area contributed by atoms with Crippen LogP contribution < -0.4 is 4.74 Å². The number of carbonyl (C=O) groups excluding carboxylic acids is 1. The molecule has 1 aromatic heterocycles. The maximum atomic E-state index is 13.4. The van der Waals surface area contributed by atoms with Crippen LogP contribution in [0, 0.1) is 5.82 Å². The highest BCUT2D eigenvalue weighted by molar-refractivity contribution is 7.89. The molecular formula is C18H19ClFN3O4S.